The summed E-state index contributed by atoms with van der Waals surface area (Å²) in [7, 11) is 0. The molecule has 0 spiro atoms. The summed E-state index contributed by atoms with van der Waals surface area (Å²) < 4.78 is 6.70. The van der Waals surface area contributed by atoms with Crippen LogP contribution < -0.4 is 10.9 Å². The fraction of sp³-hybridized carbons (Fsp3) is 0.263. The van der Waals surface area contributed by atoms with Gasteiger partial charge in [-0.1, -0.05) is 11.6 Å². The highest BCUT2D eigenvalue weighted by Gasteiger charge is 2.24. The van der Waals surface area contributed by atoms with Gasteiger partial charge in [0.2, 0.25) is 0 Å². The lowest BCUT2D eigenvalue weighted by Crippen LogP contribution is -2.21. The number of hydrogen-bond acceptors (Lipinski definition) is 8. The van der Waals surface area contributed by atoms with Crippen molar-refractivity contribution < 1.29 is 19.2 Å². The molecule has 0 aliphatic carbocycles. The second-order valence-electron chi connectivity index (χ2n) is 6.87. The van der Waals surface area contributed by atoms with Crippen LogP contribution in [0.5, 0.6) is 0 Å². The molecule has 2 aromatic heterocycles. The van der Waals surface area contributed by atoms with Gasteiger partial charge in [-0.2, -0.15) is 0 Å². The van der Waals surface area contributed by atoms with Crippen LogP contribution in [-0.4, -0.2) is 33.0 Å². The summed E-state index contributed by atoms with van der Waals surface area (Å²) in [5.41, 5.74) is 0.0696. The van der Waals surface area contributed by atoms with Crippen LogP contribution >= 0.6 is 22.9 Å². The number of anilines is 1. The minimum absolute atomic E-state index is 0.0293. The molecule has 1 aromatic carbocycles. The molecule has 3 aromatic rings. The lowest BCUT2D eigenvalue weighted by Gasteiger charge is -2.08. The standard InChI is InChI=1S/C19H15ClN4O6S/c1-9-15-17(22-13-3-2-6-23(13)18(15)26)31-16(9)19(27)30-8-14(25)21-12-7-10(24(28)29)4-5-11(12)20/h4-5,7H,2-3,6,8H2,1H3,(H,21,25). The zero-order chi connectivity index (χ0) is 22.3. The number of nitro benzene ring substituents is 1. The van der Waals surface area contributed by atoms with Crippen molar-refractivity contribution >= 4 is 56.4 Å². The maximum atomic E-state index is 12.7. The van der Waals surface area contributed by atoms with Crippen LogP contribution in [0.1, 0.15) is 27.5 Å². The van der Waals surface area contributed by atoms with Gasteiger partial charge in [-0.15, -0.1) is 11.3 Å². The molecule has 0 bridgehead atoms. The Morgan fingerprint density at radius 1 is 1.42 bits per heavy atom. The van der Waals surface area contributed by atoms with Gasteiger partial charge in [-0.3, -0.25) is 24.3 Å². The Kier molecular flexibility index (Phi) is 5.46. The number of carbonyl (C=O) groups is 2. The van der Waals surface area contributed by atoms with Crippen LogP contribution in [0, 0.1) is 17.0 Å². The summed E-state index contributed by atoms with van der Waals surface area (Å²) in [6, 6.07) is 3.59. The summed E-state index contributed by atoms with van der Waals surface area (Å²) >= 11 is 6.99. The molecule has 1 N–H and O–H groups in total. The van der Waals surface area contributed by atoms with Crippen molar-refractivity contribution in [2.75, 3.05) is 11.9 Å². The lowest BCUT2D eigenvalue weighted by atomic mass is 10.2. The van der Waals surface area contributed by atoms with Crippen LogP contribution in [0.3, 0.4) is 0 Å². The third-order valence-corrected chi connectivity index (χ3v) is 6.36. The van der Waals surface area contributed by atoms with Gasteiger partial charge in [-0.25, -0.2) is 9.78 Å². The van der Waals surface area contributed by atoms with E-state index in [1.807, 2.05) is 0 Å². The Balaban J connectivity index is 1.49. The van der Waals surface area contributed by atoms with E-state index < -0.39 is 23.4 Å². The zero-order valence-electron chi connectivity index (χ0n) is 16.1. The summed E-state index contributed by atoms with van der Waals surface area (Å²) in [6.45, 7) is 1.62. The molecule has 10 nitrogen and oxygen atoms in total. The van der Waals surface area contributed by atoms with Crippen molar-refractivity contribution in [1.29, 1.82) is 0 Å². The normalized spacial score (nSPS) is 12.6. The van der Waals surface area contributed by atoms with Gasteiger partial charge >= 0.3 is 5.97 Å². The minimum Gasteiger partial charge on any atom is -0.451 e. The first-order valence-electron chi connectivity index (χ1n) is 9.20. The highest BCUT2D eigenvalue weighted by Crippen LogP contribution is 2.29. The van der Waals surface area contributed by atoms with Crippen LogP contribution in [0.15, 0.2) is 23.0 Å². The number of fused-ring (bicyclic) bond motifs is 2. The second kappa shape index (κ2) is 8.08. The Morgan fingerprint density at radius 3 is 2.94 bits per heavy atom. The molecule has 1 aliphatic rings. The number of nitrogens with zero attached hydrogens (tertiary/aromatic N) is 3. The molecule has 3 heterocycles. The van der Waals surface area contributed by atoms with E-state index >= 15 is 0 Å². The number of nitro groups is 1. The molecular weight excluding hydrogens is 448 g/mol. The van der Waals surface area contributed by atoms with E-state index in [4.69, 9.17) is 16.3 Å². The zero-order valence-corrected chi connectivity index (χ0v) is 17.7. The number of non-ortho nitro benzene ring substituents is 1. The summed E-state index contributed by atoms with van der Waals surface area (Å²) in [5.74, 6) is -0.774. The first-order valence-corrected chi connectivity index (χ1v) is 10.4. The van der Waals surface area contributed by atoms with Gasteiger partial charge in [0, 0.05) is 25.1 Å². The van der Waals surface area contributed by atoms with Crippen molar-refractivity contribution in [1.82, 2.24) is 9.55 Å². The number of rotatable bonds is 5. The molecule has 0 saturated carbocycles. The quantitative estimate of drug-likeness (QED) is 0.350. The number of halogens is 1. The first kappa shape index (κ1) is 20.9. The van der Waals surface area contributed by atoms with Gasteiger partial charge in [0.05, 0.1) is 21.0 Å². The molecule has 1 aliphatic heterocycles. The molecule has 0 atom stereocenters. The van der Waals surface area contributed by atoms with E-state index in [1.54, 1.807) is 11.5 Å². The number of ether oxygens (including phenoxy) is 1. The van der Waals surface area contributed by atoms with Crippen molar-refractivity contribution in [2.45, 2.75) is 26.3 Å². The molecule has 4 rings (SSSR count). The van der Waals surface area contributed by atoms with Gasteiger partial charge in [0.15, 0.2) is 6.61 Å². The van der Waals surface area contributed by atoms with Gasteiger partial charge in [-0.05, 0) is 25.0 Å². The third-order valence-electron chi connectivity index (χ3n) is 4.87. The van der Waals surface area contributed by atoms with E-state index in [1.165, 1.54) is 12.1 Å². The number of amides is 1. The molecule has 12 heteroatoms. The molecule has 0 saturated heterocycles. The summed E-state index contributed by atoms with van der Waals surface area (Å²) in [4.78, 5) is 52.8. The number of nitrogens with one attached hydrogen (secondary N) is 1. The van der Waals surface area contributed by atoms with Crippen molar-refractivity contribution in [3.05, 3.63) is 60.0 Å². The van der Waals surface area contributed by atoms with Crippen molar-refractivity contribution in [3.63, 3.8) is 0 Å². The van der Waals surface area contributed by atoms with Crippen molar-refractivity contribution in [3.8, 4) is 0 Å². The van der Waals surface area contributed by atoms with E-state index in [0.717, 1.165) is 23.8 Å². The van der Waals surface area contributed by atoms with Crippen molar-refractivity contribution in [2.24, 2.45) is 0 Å². The molecule has 0 fully saturated rings. The van der Waals surface area contributed by atoms with Gasteiger partial charge in [0.1, 0.15) is 15.5 Å². The Bertz CT molecular complexity index is 1310. The summed E-state index contributed by atoms with van der Waals surface area (Å²) in [6.07, 6.45) is 1.57. The molecule has 31 heavy (non-hydrogen) atoms. The Labute approximate surface area is 183 Å². The number of esters is 1. The average molecular weight is 463 g/mol. The largest absolute Gasteiger partial charge is 0.451 e. The van der Waals surface area contributed by atoms with Crippen LogP contribution in [0.25, 0.3) is 10.2 Å². The highest BCUT2D eigenvalue weighted by atomic mass is 35.5. The minimum atomic E-state index is -0.759. The highest BCUT2D eigenvalue weighted by molar-refractivity contribution is 7.20. The van der Waals surface area contributed by atoms with E-state index in [0.29, 0.717) is 34.6 Å². The summed E-state index contributed by atoms with van der Waals surface area (Å²) in [5, 5.41) is 13.7. The monoisotopic (exact) mass is 462 g/mol. The number of aryl methyl sites for hydroxylation is 2. The molecular formula is C19H15ClN4O6S. The predicted molar refractivity (Wildman–Crippen MR) is 114 cm³/mol. The smallest absolute Gasteiger partial charge is 0.349 e. The van der Waals surface area contributed by atoms with Crippen LogP contribution in [0.2, 0.25) is 5.02 Å². The first-order chi connectivity index (χ1) is 14.8. The van der Waals surface area contributed by atoms with Gasteiger partial charge in [0.25, 0.3) is 17.2 Å². The van der Waals surface area contributed by atoms with Crippen LogP contribution in [0.4, 0.5) is 11.4 Å². The number of carbonyl (C=O) groups excluding carboxylic acids is 2. The maximum Gasteiger partial charge on any atom is 0.349 e. The fourth-order valence-corrected chi connectivity index (χ4v) is 4.62. The number of benzene rings is 1. The van der Waals surface area contributed by atoms with E-state index in [-0.39, 0.29) is 26.8 Å². The number of thiophene rings is 1. The third kappa shape index (κ3) is 3.89. The predicted octanol–water partition coefficient (Wildman–Crippen LogP) is 3.07. The molecule has 160 valence electrons. The number of hydrogen-bond donors (Lipinski definition) is 1. The van der Waals surface area contributed by atoms with Crippen LogP contribution in [-0.2, 0) is 22.5 Å². The molecule has 1 amide bonds. The SMILES string of the molecule is Cc1c(C(=O)OCC(=O)Nc2cc([N+](=O)[O-])ccc2Cl)sc2nc3n(c(=O)c12)CCC3. The average Bonchev–Trinajstić information content (AvgIpc) is 3.32. The molecule has 0 radical (unpaired) electrons. The lowest BCUT2D eigenvalue weighted by molar-refractivity contribution is -0.384. The maximum absolute atomic E-state index is 12.7. The fourth-order valence-electron chi connectivity index (χ4n) is 3.38. The second-order valence-corrected chi connectivity index (χ2v) is 8.28. The number of aromatic nitrogens is 2. The molecule has 0 unspecified atom stereocenters. The van der Waals surface area contributed by atoms with E-state index in [2.05, 4.69) is 10.3 Å². The van der Waals surface area contributed by atoms with E-state index in [9.17, 15) is 24.5 Å². The Hall–Kier alpha value is -3.31. The van der Waals surface area contributed by atoms with Gasteiger partial charge < -0.3 is 10.1 Å². The topological polar surface area (TPSA) is 133 Å². The Morgan fingerprint density at radius 2 is 2.19 bits per heavy atom.